The van der Waals surface area contributed by atoms with Crippen molar-refractivity contribution in [1.82, 2.24) is 4.98 Å². The number of hydrogen-bond acceptors (Lipinski definition) is 5. The van der Waals surface area contributed by atoms with Gasteiger partial charge in [-0.1, -0.05) is 23.2 Å². The third-order valence-corrected chi connectivity index (χ3v) is 4.99. The highest BCUT2D eigenvalue weighted by molar-refractivity contribution is 6.36. The zero-order valence-electron chi connectivity index (χ0n) is 15.6. The van der Waals surface area contributed by atoms with Gasteiger partial charge in [-0.3, -0.25) is 14.4 Å². The molecule has 2 N–H and O–H groups in total. The highest BCUT2D eigenvalue weighted by Crippen LogP contribution is 2.26. The van der Waals surface area contributed by atoms with Gasteiger partial charge >= 0.3 is 0 Å². The first kappa shape index (κ1) is 22.2. The Hall–Kier alpha value is -3.13. The largest absolute Gasteiger partial charge is 0.325 e. The van der Waals surface area contributed by atoms with Crippen molar-refractivity contribution in [3.63, 3.8) is 0 Å². The Morgan fingerprint density at radius 3 is 2.52 bits per heavy atom. The molecule has 2 aromatic rings. The van der Waals surface area contributed by atoms with E-state index < -0.39 is 23.2 Å². The number of carbonyl (C=O) groups is 2. The molecule has 0 aliphatic carbocycles. The second-order valence-electron chi connectivity index (χ2n) is 6.31. The number of benzene rings is 1. The molecule has 0 radical (unpaired) electrons. The maximum absolute atomic E-state index is 12.5. The van der Waals surface area contributed by atoms with E-state index in [0.29, 0.717) is 21.8 Å². The second-order valence-corrected chi connectivity index (χ2v) is 7.15. The summed E-state index contributed by atoms with van der Waals surface area (Å²) in [5, 5.41) is 21.4. The van der Waals surface area contributed by atoms with Gasteiger partial charge in [-0.05, 0) is 49.6 Å². The standard InChI is InChI=1S/C20H16Cl2N4O3/c1-10-13(11(2)25-19(28)14(10)8-23)4-6-18(27)15(9-24)20(29)26-17-5-3-12(21)7-16(17)22/h3,5,7,15H,4,6H2,1-2H3,(H,25,28)(H,26,29). The van der Waals surface area contributed by atoms with E-state index in [0.717, 1.165) is 0 Å². The number of H-pyrrole nitrogens is 1. The smallest absolute Gasteiger partial charge is 0.266 e. The Labute approximate surface area is 176 Å². The normalized spacial score (nSPS) is 11.2. The lowest BCUT2D eigenvalue weighted by Gasteiger charge is -2.13. The van der Waals surface area contributed by atoms with Crippen LogP contribution in [-0.2, 0) is 16.0 Å². The van der Waals surface area contributed by atoms with Crippen molar-refractivity contribution in [2.24, 2.45) is 5.92 Å². The quantitative estimate of drug-likeness (QED) is 0.678. The van der Waals surface area contributed by atoms with E-state index in [1.807, 2.05) is 6.07 Å². The zero-order chi connectivity index (χ0) is 21.7. The molecule has 0 spiro atoms. The van der Waals surface area contributed by atoms with Crippen LogP contribution in [0.3, 0.4) is 0 Å². The molecule has 1 heterocycles. The minimum absolute atomic E-state index is 0.0231. The van der Waals surface area contributed by atoms with E-state index in [-0.39, 0.29) is 29.1 Å². The number of ketones is 1. The fourth-order valence-electron chi connectivity index (χ4n) is 2.89. The van der Waals surface area contributed by atoms with Gasteiger partial charge in [-0.2, -0.15) is 10.5 Å². The summed E-state index contributed by atoms with van der Waals surface area (Å²) in [6, 6.07) is 7.96. The van der Waals surface area contributed by atoms with Gasteiger partial charge in [-0.25, -0.2) is 0 Å². The lowest BCUT2D eigenvalue weighted by molar-refractivity contribution is -0.128. The number of anilines is 1. The number of halogens is 2. The van der Waals surface area contributed by atoms with Crippen LogP contribution in [0.2, 0.25) is 10.0 Å². The van der Waals surface area contributed by atoms with Crippen LogP contribution in [0.4, 0.5) is 5.69 Å². The Kier molecular flexibility index (Phi) is 7.17. The monoisotopic (exact) mass is 430 g/mol. The Morgan fingerprint density at radius 2 is 1.93 bits per heavy atom. The minimum Gasteiger partial charge on any atom is -0.325 e. The van der Waals surface area contributed by atoms with Gasteiger partial charge in [0, 0.05) is 17.1 Å². The highest BCUT2D eigenvalue weighted by Gasteiger charge is 2.27. The molecule has 0 saturated heterocycles. The molecule has 9 heteroatoms. The fraction of sp³-hybridized carbons (Fsp3) is 0.250. The summed E-state index contributed by atoms with van der Waals surface area (Å²) in [5.74, 6) is -2.91. The van der Waals surface area contributed by atoms with Crippen LogP contribution in [0.1, 0.15) is 28.8 Å². The molecule has 0 fully saturated rings. The number of aryl methyl sites for hydroxylation is 1. The maximum atomic E-state index is 12.5. The van der Waals surface area contributed by atoms with Gasteiger partial charge in [0.15, 0.2) is 11.7 Å². The van der Waals surface area contributed by atoms with Gasteiger partial charge in [0.2, 0.25) is 5.91 Å². The summed E-state index contributed by atoms with van der Waals surface area (Å²) < 4.78 is 0. The average Bonchev–Trinajstić information content (AvgIpc) is 2.64. The number of pyridine rings is 1. The average molecular weight is 431 g/mol. The molecule has 0 bridgehead atoms. The number of nitriles is 2. The number of aromatic amines is 1. The van der Waals surface area contributed by atoms with E-state index in [4.69, 9.17) is 28.5 Å². The van der Waals surface area contributed by atoms with Crippen LogP contribution >= 0.6 is 23.2 Å². The number of nitrogens with one attached hydrogen (secondary N) is 2. The minimum atomic E-state index is -1.53. The van der Waals surface area contributed by atoms with Crippen molar-refractivity contribution in [3.8, 4) is 12.1 Å². The van der Waals surface area contributed by atoms with Gasteiger partial charge in [0.25, 0.3) is 5.56 Å². The molecule has 2 rings (SSSR count). The number of carbonyl (C=O) groups excluding carboxylic acids is 2. The summed E-state index contributed by atoms with van der Waals surface area (Å²) in [4.78, 5) is 39.2. The van der Waals surface area contributed by atoms with Gasteiger partial charge in [0.05, 0.1) is 16.8 Å². The molecule has 0 saturated carbocycles. The van der Waals surface area contributed by atoms with Gasteiger partial charge < -0.3 is 10.3 Å². The first-order valence-corrected chi connectivity index (χ1v) is 9.25. The van der Waals surface area contributed by atoms with Crippen molar-refractivity contribution in [1.29, 1.82) is 10.5 Å². The molecular weight excluding hydrogens is 415 g/mol. The Morgan fingerprint density at radius 1 is 1.24 bits per heavy atom. The van der Waals surface area contributed by atoms with Crippen LogP contribution in [0.15, 0.2) is 23.0 Å². The Bertz CT molecular complexity index is 1130. The van der Waals surface area contributed by atoms with E-state index in [1.54, 1.807) is 19.9 Å². The predicted molar refractivity (Wildman–Crippen MR) is 109 cm³/mol. The van der Waals surface area contributed by atoms with E-state index >= 15 is 0 Å². The third-order valence-electron chi connectivity index (χ3n) is 4.44. The molecule has 29 heavy (non-hydrogen) atoms. The molecule has 148 valence electrons. The van der Waals surface area contributed by atoms with Crippen molar-refractivity contribution in [2.75, 3.05) is 5.32 Å². The number of Topliss-reactive ketones (excluding diaryl/α,β-unsaturated/α-hetero) is 1. The molecule has 0 aliphatic rings. The number of aromatic nitrogens is 1. The van der Waals surface area contributed by atoms with Crippen LogP contribution in [0.25, 0.3) is 0 Å². The predicted octanol–water partition coefficient (Wildman–Crippen LogP) is 3.45. The van der Waals surface area contributed by atoms with Crippen molar-refractivity contribution in [3.05, 3.63) is 61.0 Å². The first-order chi connectivity index (χ1) is 13.7. The number of rotatable bonds is 6. The van der Waals surface area contributed by atoms with E-state index in [9.17, 15) is 19.6 Å². The van der Waals surface area contributed by atoms with E-state index in [2.05, 4.69) is 10.3 Å². The molecule has 1 aromatic heterocycles. The molecule has 1 aromatic carbocycles. The number of hydrogen-bond donors (Lipinski definition) is 2. The molecule has 7 nitrogen and oxygen atoms in total. The molecular formula is C20H16Cl2N4O3. The summed E-state index contributed by atoms with van der Waals surface area (Å²) in [5.41, 5.74) is 1.36. The maximum Gasteiger partial charge on any atom is 0.266 e. The zero-order valence-corrected chi connectivity index (χ0v) is 17.1. The summed E-state index contributed by atoms with van der Waals surface area (Å²) >= 11 is 11.8. The van der Waals surface area contributed by atoms with Crippen molar-refractivity contribution >= 4 is 40.6 Å². The number of nitrogens with zero attached hydrogens (tertiary/aromatic N) is 2. The summed E-state index contributed by atoms with van der Waals surface area (Å²) in [7, 11) is 0. The SMILES string of the molecule is Cc1[nH]c(=O)c(C#N)c(C)c1CCC(=O)C(C#N)C(=O)Nc1ccc(Cl)cc1Cl. The van der Waals surface area contributed by atoms with Crippen LogP contribution < -0.4 is 10.9 Å². The number of amides is 1. The van der Waals surface area contributed by atoms with Crippen LogP contribution in [0, 0.1) is 42.4 Å². The highest BCUT2D eigenvalue weighted by atomic mass is 35.5. The van der Waals surface area contributed by atoms with Crippen LogP contribution in [0.5, 0.6) is 0 Å². The summed E-state index contributed by atoms with van der Waals surface area (Å²) in [6.07, 6.45) is 0.0632. The molecule has 1 amide bonds. The van der Waals surface area contributed by atoms with E-state index in [1.165, 1.54) is 18.2 Å². The van der Waals surface area contributed by atoms with Crippen molar-refractivity contribution < 1.29 is 9.59 Å². The lowest BCUT2D eigenvalue weighted by atomic mass is 9.94. The van der Waals surface area contributed by atoms with Crippen LogP contribution in [-0.4, -0.2) is 16.7 Å². The van der Waals surface area contributed by atoms with Crippen molar-refractivity contribution in [2.45, 2.75) is 26.7 Å². The third kappa shape index (κ3) is 5.03. The molecule has 0 aliphatic heterocycles. The fourth-order valence-corrected chi connectivity index (χ4v) is 3.34. The summed E-state index contributed by atoms with van der Waals surface area (Å²) in [6.45, 7) is 3.28. The van der Waals surface area contributed by atoms with Gasteiger partial charge in [-0.15, -0.1) is 0 Å². The lowest BCUT2D eigenvalue weighted by Crippen LogP contribution is -2.29. The first-order valence-electron chi connectivity index (χ1n) is 8.50. The molecule has 1 atom stereocenters. The van der Waals surface area contributed by atoms with Gasteiger partial charge in [0.1, 0.15) is 11.6 Å². The second kappa shape index (κ2) is 9.38. The Balaban J connectivity index is 2.15. The topological polar surface area (TPSA) is 127 Å². The molecule has 1 unspecified atom stereocenters.